The van der Waals surface area contributed by atoms with Gasteiger partial charge in [0.1, 0.15) is 5.75 Å². The molecule has 0 radical (unpaired) electrons. The first-order valence-corrected chi connectivity index (χ1v) is 6.42. The molecular weight excluding hydrogens is 248 g/mol. The van der Waals surface area contributed by atoms with E-state index in [1.807, 2.05) is 31.2 Å². The Morgan fingerprint density at radius 3 is 2.67 bits per heavy atom. The minimum absolute atomic E-state index is 0.516. The van der Waals surface area contributed by atoms with Gasteiger partial charge in [-0.3, -0.25) is 0 Å². The number of hydrogen-bond donors (Lipinski definition) is 0. The van der Waals surface area contributed by atoms with Crippen LogP contribution in [0.15, 0.2) is 46.1 Å². The molecule has 2 aromatic rings. The van der Waals surface area contributed by atoms with Crippen LogP contribution in [0.5, 0.6) is 5.75 Å². The topological polar surface area (TPSA) is 48.2 Å². The second kappa shape index (κ2) is 5.73. The zero-order valence-corrected chi connectivity index (χ0v) is 11.2. The van der Waals surface area contributed by atoms with E-state index in [1.54, 1.807) is 7.11 Å². The zero-order chi connectivity index (χ0) is 13.0. The van der Waals surface area contributed by atoms with Crippen LogP contribution in [-0.4, -0.2) is 23.1 Å². The van der Waals surface area contributed by atoms with Crippen molar-refractivity contribution in [2.45, 2.75) is 12.1 Å². The Morgan fingerprint density at radius 1 is 1.33 bits per heavy atom. The molecule has 0 aliphatic carbocycles. The Bertz CT molecular complexity index is 534. The van der Waals surface area contributed by atoms with Crippen molar-refractivity contribution in [1.82, 2.24) is 10.2 Å². The zero-order valence-electron chi connectivity index (χ0n) is 10.3. The van der Waals surface area contributed by atoms with Crippen LogP contribution in [0.1, 0.15) is 6.92 Å². The molecule has 0 saturated carbocycles. The van der Waals surface area contributed by atoms with E-state index in [9.17, 15) is 0 Å². The van der Waals surface area contributed by atoms with E-state index in [0.29, 0.717) is 11.1 Å². The van der Waals surface area contributed by atoms with Gasteiger partial charge in [0.05, 0.1) is 7.11 Å². The molecule has 0 saturated heterocycles. The number of rotatable bonds is 5. The molecule has 1 aromatic heterocycles. The van der Waals surface area contributed by atoms with Crippen LogP contribution in [0.2, 0.25) is 0 Å². The Labute approximate surface area is 110 Å². The number of ether oxygens (including phenoxy) is 1. The molecule has 0 atom stereocenters. The van der Waals surface area contributed by atoms with E-state index in [0.717, 1.165) is 22.6 Å². The van der Waals surface area contributed by atoms with Gasteiger partial charge in [0, 0.05) is 11.3 Å². The van der Waals surface area contributed by atoms with Crippen LogP contribution < -0.4 is 4.74 Å². The first kappa shape index (κ1) is 12.7. The lowest BCUT2D eigenvalue weighted by Gasteiger charge is -1.99. The SMILES string of the molecule is C=C(C)CSc1nnc(-c2ccc(OC)cc2)o1. The normalized spacial score (nSPS) is 10.3. The maximum atomic E-state index is 5.55. The third kappa shape index (κ3) is 3.13. The van der Waals surface area contributed by atoms with Gasteiger partial charge in [-0.1, -0.05) is 23.9 Å². The molecule has 2 rings (SSSR count). The van der Waals surface area contributed by atoms with Crippen LogP contribution in [0.3, 0.4) is 0 Å². The predicted molar refractivity (Wildman–Crippen MR) is 71.8 cm³/mol. The smallest absolute Gasteiger partial charge is 0.277 e. The van der Waals surface area contributed by atoms with Crippen molar-refractivity contribution in [3.8, 4) is 17.2 Å². The highest BCUT2D eigenvalue weighted by molar-refractivity contribution is 7.99. The van der Waals surface area contributed by atoms with Crippen molar-refractivity contribution in [3.63, 3.8) is 0 Å². The average molecular weight is 262 g/mol. The summed E-state index contributed by atoms with van der Waals surface area (Å²) in [7, 11) is 1.63. The maximum absolute atomic E-state index is 5.55. The van der Waals surface area contributed by atoms with Crippen LogP contribution in [0.4, 0.5) is 0 Å². The highest BCUT2D eigenvalue weighted by Gasteiger charge is 2.08. The third-order valence-corrected chi connectivity index (χ3v) is 3.23. The molecule has 0 spiro atoms. The minimum Gasteiger partial charge on any atom is -0.497 e. The molecule has 5 heteroatoms. The molecule has 4 nitrogen and oxygen atoms in total. The molecule has 1 aromatic carbocycles. The van der Waals surface area contributed by atoms with Crippen molar-refractivity contribution in [2.75, 3.05) is 12.9 Å². The number of hydrogen-bond acceptors (Lipinski definition) is 5. The van der Waals surface area contributed by atoms with Crippen molar-refractivity contribution < 1.29 is 9.15 Å². The van der Waals surface area contributed by atoms with Gasteiger partial charge in [-0.05, 0) is 31.2 Å². The fourth-order valence-corrected chi connectivity index (χ4v) is 1.91. The van der Waals surface area contributed by atoms with Gasteiger partial charge in [-0.25, -0.2) is 0 Å². The van der Waals surface area contributed by atoms with Gasteiger partial charge in [0.15, 0.2) is 0 Å². The van der Waals surface area contributed by atoms with E-state index in [-0.39, 0.29) is 0 Å². The van der Waals surface area contributed by atoms with E-state index >= 15 is 0 Å². The number of thioether (sulfide) groups is 1. The monoisotopic (exact) mass is 262 g/mol. The molecule has 0 aliphatic heterocycles. The standard InChI is InChI=1S/C13H14N2O2S/c1-9(2)8-18-13-15-14-12(17-13)10-4-6-11(16-3)7-5-10/h4-7H,1,8H2,2-3H3. The van der Waals surface area contributed by atoms with Gasteiger partial charge in [0.25, 0.3) is 5.22 Å². The average Bonchev–Trinajstić information content (AvgIpc) is 2.85. The fraction of sp³-hybridized carbons (Fsp3) is 0.231. The number of methoxy groups -OCH3 is 1. The molecule has 18 heavy (non-hydrogen) atoms. The van der Waals surface area contributed by atoms with Crippen molar-refractivity contribution in [1.29, 1.82) is 0 Å². The van der Waals surface area contributed by atoms with Crippen molar-refractivity contribution in [2.24, 2.45) is 0 Å². The summed E-state index contributed by atoms with van der Waals surface area (Å²) in [4.78, 5) is 0. The van der Waals surface area contributed by atoms with Crippen LogP contribution in [0, 0.1) is 0 Å². The van der Waals surface area contributed by atoms with E-state index in [2.05, 4.69) is 16.8 Å². The van der Waals surface area contributed by atoms with Crippen molar-refractivity contribution >= 4 is 11.8 Å². The molecule has 0 fully saturated rings. The first-order chi connectivity index (χ1) is 8.69. The van der Waals surface area contributed by atoms with Gasteiger partial charge in [0.2, 0.25) is 5.89 Å². The molecule has 0 N–H and O–H groups in total. The van der Waals surface area contributed by atoms with E-state index < -0.39 is 0 Å². The first-order valence-electron chi connectivity index (χ1n) is 5.44. The van der Waals surface area contributed by atoms with E-state index in [1.165, 1.54) is 11.8 Å². The summed E-state index contributed by atoms with van der Waals surface area (Å²) in [5.74, 6) is 2.10. The molecule has 1 heterocycles. The van der Waals surface area contributed by atoms with Crippen LogP contribution in [-0.2, 0) is 0 Å². The lowest BCUT2D eigenvalue weighted by Crippen LogP contribution is -1.82. The van der Waals surface area contributed by atoms with Crippen LogP contribution in [0.25, 0.3) is 11.5 Å². The van der Waals surface area contributed by atoms with Gasteiger partial charge in [-0.2, -0.15) is 0 Å². The van der Waals surface area contributed by atoms with E-state index in [4.69, 9.17) is 9.15 Å². The summed E-state index contributed by atoms with van der Waals surface area (Å²) in [6.07, 6.45) is 0. The summed E-state index contributed by atoms with van der Waals surface area (Å²) >= 11 is 1.49. The molecule has 0 unspecified atom stereocenters. The highest BCUT2D eigenvalue weighted by atomic mass is 32.2. The summed E-state index contributed by atoms with van der Waals surface area (Å²) in [6.45, 7) is 5.80. The molecule has 0 amide bonds. The number of benzene rings is 1. The molecular formula is C13H14N2O2S. The van der Waals surface area contributed by atoms with Gasteiger partial charge in [-0.15, -0.1) is 10.2 Å². The fourth-order valence-electron chi connectivity index (χ4n) is 1.30. The lowest BCUT2D eigenvalue weighted by molar-refractivity contribution is 0.414. The predicted octanol–water partition coefficient (Wildman–Crippen LogP) is 3.41. The number of aromatic nitrogens is 2. The number of nitrogens with zero attached hydrogens (tertiary/aromatic N) is 2. The molecule has 94 valence electrons. The molecule has 0 aliphatic rings. The Balaban J connectivity index is 2.10. The largest absolute Gasteiger partial charge is 0.497 e. The second-order valence-electron chi connectivity index (χ2n) is 3.85. The van der Waals surface area contributed by atoms with Crippen LogP contribution >= 0.6 is 11.8 Å². The second-order valence-corrected chi connectivity index (χ2v) is 4.77. The lowest BCUT2D eigenvalue weighted by atomic mass is 10.2. The van der Waals surface area contributed by atoms with Crippen molar-refractivity contribution in [3.05, 3.63) is 36.4 Å². The van der Waals surface area contributed by atoms with Gasteiger partial charge >= 0.3 is 0 Å². The third-order valence-electron chi connectivity index (χ3n) is 2.19. The highest BCUT2D eigenvalue weighted by Crippen LogP contribution is 2.25. The Kier molecular flexibility index (Phi) is 4.04. The van der Waals surface area contributed by atoms with Gasteiger partial charge < -0.3 is 9.15 Å². The Hall–Kier alpha value is -1.75. The summed E-state index contributed by atoms with van der Waals surface area (Å²) in [5.41, 5.74) is 1.95. The summed E-state index contributed by atoms with van der Waals surface area (Å²) in [5, 5.41) is 8.55. The quantitative estimate of drug-likeness (QED) is 0.610. The summed E-state index contributed by atoms with van der Waals surface area (Å²) in [6, 6.07) is 7.50. The maximum Gasteiger partial charge on any atom is 0.277 e. The Morgan fingerprint density at radius 2 is 2.06 bits per heavy atom. The summed E-state index contributed by atoms with van der Waals surface area (Å²) < 4.78 is 10.6. The minimum atomic E-state index is 0.516. The molecule has 0 bridgehead atoms.